The predicted octanol–water partition coefficient (Wildman–Crippen LogP) is 1.57. The van der Waals surface area contributed by atoms with Gasteiger partial charge in [0.25, 0.3) is 5.91 Å². The highest BCUT2D eigenvalue weighted by molar-refractivity contribution is 7.12. The minimum Gasteiger partial charge on any atom is -0.336 e. The standard InChI is InChI=1S/C11H16N2OS/c1-12-9-4-2-6-13(8-9)11(14)10-5-3-7-15-10/h3,5,7,9,12H,2,4,6,8H2,1H3/t9-/m0/s1. The largest absolute Gasteiger partial charge is 0.336 e. The predicted molar refractivity (Wildman–Crippen MR) is 62.3 cm³/mol. The molecule has 0 radical (unpaired) electrons. The lowest BCUT2D eigenvalue weighted by molar-refractivity contribution is 0.0703. The van der Waals surface area contributed by atoms with Gasteiger partial charge < -0.3 is 10.2 Å². The van der Waals surface area contributed by atoms with Gasteiger partial charge in [-0.05, 0) is 31.3 Å². The fourth-order valence-electron chi connectivity index (χ4n) is 1.95. The van der Waals surface area contributed by atoms with Crippen molar-refractivity contribution in [2.24, 2.45) is 0 Å². The van der Waals surface area contributed by atoms with Gasteiger partial charge in [0.05, 0.1) is 4.88 Å². The second-order valence-corrected chi connectivity index (χ2v) is 4.80. The third-order valence-corrected chi connectivity index (χ3v) is 3.71. The molecular weight excluding hydrogens is 208 g/mol. The van der Waals surface area contributed by atoms with Crippen LogP contribution in [0.5, 0.6) is 0 Å². The van der Waals surface area contributed by atoms with Crippen LogP contribution in [0.25, 0.3) is 0 Å². The van der Waals surface area contributed by atoms with Gasteiger partial charge in [-0.25, -0.2) is 0 Å². The lowest BCUT2D eigenvalue weighted by Crippen LogP contribution is -2.46. The van der Waals surface area contributed by atoms with E-state index in [0.717, 1.165) is 24.4 Å². The molecule has 2 heterocycles. The van der Waals surface area contributed by atoms with Crippen molar-refractivity contribution in [2.45, 2.75) is 18.9 Å². The van der Waals surface area contributed by atoms with Crippen molar-refractivity contribution in [3.05, 3.63) is 22.4 Å². The van der Waals surface area contributed by atoms with Crippen molar-refractivity contribution in [3.63, 3.8) is 0 Å². The molecular formula is C11H16N2OS. The number of nitrogens with one attached hydrogen (secondary N) is 1. The maximum absolute atomic E-state index is 12.0. The van der Waals surface area contributed by atoms with Gasteiger partial charge in [-0.1, -0.05) is 6.07 Å². The van der Waals surface area contributed by atoms with E-state index in [4.69, 9.17) is 0 Å². The van der Waals surface area contributed by atoms with Crippen LogP contribution < -0.4 is 5.32 Å². The van der Waals surface area contributed by atoms with Gasteiger partial charge >= 0.3 is 0 Å². The zero-order chi connectivity index (χ0) is 10.7. The van der Waals surface area contributed by atoms with Gasteiger partial charge in [0.1, 0.15) is 0 Å². The maximum Gasteiger partial charge on any atom is 0.263 e. The first-order valence-corrected chi connectivity index (χ1v) is 6.19. The van der Waals surface area contributed by atoms with Crippen molar-refractivity contribution >= 4 is 17.2 Å². The van der Waals surface area contributed by atoms with Crippen LogP contribution in [0.15, 0.2) is 17.5 Å². The topological polar surface area (TPSA) is 32.3 Å². The summed E-state index contributed by atoms with van der Waals surface area (Å²) in [4.78, 5) is 14.8. The summed E-state index contributed by atoms with van der Waals surface area (Å²) in [7, 11) is 1.96. The molecule has 2 rings (SSSR count). The van der Waals surface area contributed by atoms with Crippen molar-refractivity contribution in [1.82, 2.24) is 10.2 Å². The monoisotopic (exact) mass is 224 g/mol. The van der Waals surface area contributed by atoms with E-state index in [9.17, 15) is 4.79 Å². The Morgan fingerprint density at radius 3 is 3.20 bits per heavy atom. The van der Waals surface area contributed by atoms with Crippen molar-refractivity contribution in [3.8, 4) is 0 Å². The van der Waals surface area contributed by atoms with Crippen LogP contribution in [-0.4, -0.2) is 37.0 Å². The Kier molecular flexibility index (Phi) is 3.38. The van der Waals surface area contributed by atoms with Crippen LogP contribution in [0.1, 0.15) is 22.5 Å². The number of hydrogen-bond acceptors (Lipinski definition) is 3. The molecule has 0 aliphatic carbocycles. The SMILES string of the molecule is CN[C@H]1CCCN(C(=O)c2cccs2)C1. The first kappa shape index (κ1) is 10.6. The highest BCUT2D eigenvalue weighted by Crippen LogP contribution is 2.16. The van der Waals surface area contributed by atoms with E-state index in [1.54, 1.807) is 0 Å². The number of amides is 1. The smallest absolute Gasteiger partial charge is 0.263 e. The Balaban J connectivity index is 2.01. The average molecular weight is 224 g/mol. The Bertz CT molecular complexity index is 323. The zero-order valence-electron chi connectivity index (χ0n) is 8.90. The van der Waals surface area contributed by atoms with E-state index in [0.29, 0.717) is 6.04 Å². The lowest BCUT2D eigenvalue weighted by Gasteiger charge is -2.32. The summed E-state index contributed by atoms with van der Waals surface area (Å²) in [5.74, 6) is 0.185. The molecule has 0 saturated carbocycles. The summed E-state index contributed by atoms with van der Waals surface area (Å²) in [6.07, 6.45) is 2.27. The molecule has 1 aliphatic heterocycles. The molecule has 15 heavy (non-hydrogen) atoms. The summed E-state index contributed by atoms with van der Waals surface area (Å²) in [5.41, 5.74) is 0. The number of rotatable bonds is 2. The Morgan fingerprint density at radius 2 is 2.53 bits per heavy atom. The molecule has 0 unspecified atom stereocenters. The van der Waals surface area contributed by atoms with E-state index < -0.39 is 0 Å². The normalized spacial score (nSPS) is 21.7. The van der Waals surface area contributed by atoms with E-state index in [-0.39, 0.29) is 5.91 Å². The summed E-state index contributed by atoms with van der Waals surface area (Å²) in [5, 5.41) is 5.19. The van der Waals surface area contributed by atoms with Crippen molar-refractivity contribution in [1.29, 1.82) is 0 Å². The quantitative estimate of drug-likeness (QED) is 0.827. The fraction of sp³-hybridized carbons (Fsp3) is 0.545. The highest BCUT2D eigenvalue weighted by atomic mass is 32.1. The zero-order valence-corrected chi connectivity index (χ0v) is 9.72. The van der Waals surface area contributed by atoms with Crippen LogP contribution in [0.3, 0.4) is 0 Å². The molecule has 1 aromatic rings. The summed E-state index contributed by atoms with van der Waals surface area (Å²) in [6.45, 7) is 1.74. The number of carbonyl (C=O) groups excluding carboxylic acids is 1. The average Bonchev–Trinajstić information content (AvgIpc) is 2.81. The second-order valence-electron chi connectivity index (χ2n) is 3.86. The van der Waals surface area contributed by atoms with Crippen LogP contribution >= 0.6 is 11.3 Å². The molecule has 1 N–H and O–H groups in total. The van der Waals surface area contributed by atoms with Gasteiger partial charge in [0.2, 0.25) is 0 Å². The van der Waals surface area contributed by atoms with Crippen LogP contribution in [-0.2, 0) is 0 Å². The fourth-order valence-corrected chi connectivity index (χ4v) is 2.64. The number of likely N-dealkylation sites (N-methyl/N-ethyl adjacent to an activating group) is 1. The minimum absolute atomic E-state index is 0.185. The lowest BCUT2D eigenvalue weighted by atomic mass is 10.1. The van der Waals surface area contributed by atoms with E-state index in [1.807, 2.05) is 29.5 Å². The first-order valence-electron chi connectivity index (χ1n) is 5.31. The van der Waals surface area contributed by atoms with Gasteiger partial charge in [-0.2, -0.15) is 0 Å². The molecule has 0 aromatic carbocycles. The first-order chi connectivity index (χ1) is 7.31. The Hall–Kier alpha value is -0.870. The number of nitrogens with zero attached hydrogens (tertiary/aromatic N) is 1. The summed E-state index contributed by atoms with van der Waals surface area (Å²) < 4.78 is 0. The maximum atomic E-state index is 12.0. The van der Waals surface area contributed by atoms with Gasteiger partial charge in [0, 0.05) is 19.1 Å². The number of carbonyl (C=O) groups is 1. The highest BCUT2D eigenvalue weighted by Gasteiger charge is 2.23. The van der Waals surface area contributed by atoms with Crippen LogP contribution in [0.2, 0.25) is 0 Å². The molecule has 1 fully saturated rings. The molecule has 0 spiro atoms. The van der Waals surface area contributed by atoms with Crippen LogP contribution in [0.4, 0.5) is 0 Å². The summed E-state index contributed by atoms with van der Waals surface area (Å²) in [6, 6.07) is 4.29. The molecule has 0 bridgehead atoms. The number of thiophene rings is 1. The third kappa shape index (κ3) is 2.38. The van der Waals surface area contributed by atoms with Crippen LogP contribution in [0, 0.1) is 0 Å². The molecule has 82 valence electrons. The van der Waals surface area contributed by atoms with Gasteiger partial charge in [-0.15, -0.1) is 11.3 Å². The number of hydrogen-bond donors (Lipinski definition) is 1. The second kappa shape index (κ2) is 4.77. The van der Waals surface area contributed by atoms with Crippen molar-refractivity contribution in [2.75, 3.05) is 20.1 Å². The molecule has 3 nitrogen and oxygen atoms in total. The third-order valence-electron chi connectivity index (χ3n) is 2.85. The Morgan fingerprint density at radius 1 is 1.67 bits per heavy atom. The number of piperidine rings is 1. The van der Waals surface area contributed by atoms with Gasteiger partial charge in [0.15, 0.2) is 0 Å². The molecule has 1 atom stereocenters. The molecule has 1 aromatic heterocycles. The molecule has 1 aliphatic rings. The number of likely N-dealkylation sites (tertiary alicyclic amines) is 1. The van der Waals surface area contributed by atoms with Gasteiger partial charge in [-0.3, -0.25) is 4.79 Å². The molecule has 1 saturated heterocycles. The molecule has 4 heteroatoms. The minimum atomic E-state index is 0.185. The van der Waals surface area contributed by atoms with Crippen molar-refractivity contribution < 1.29 is 4.79 Å². The summed E-state index contributed by atoms with van der Waals surface area (Å²) >= 11 is 1.52. The molecule has 1 amide bonds. The van der Waals surface area contributed by atoms with E-state index in [2.05, 4.69) is 5.32 Å². The Labute approximate surface area is 94.1 Å². The van der Waals surface area contributed by atoms with E-state index in [1.165, 1.54) is 17.8 Å². The van der Waals surface area contributed by atoms with E-state index >= 15 is 0 Å².